The first-order chi connectivity index (χ1) is 18.3. The maximum atomic E-state index is 13.7. The summed E-state index contributed by atoms with van der Waals surface area (Å²) in [4.78, 5) is 33.2. The van der Waals surface area contributed by atoms with E-state index in [1.165, 1.54) is 19.3 Å². The second-order valence-electron chi connectivity index (χ2n) is 10.5. The molecule has 2 aliphatic heterocycles. The van der Waals surface area contributed by atoms with Crippen LogP contribution in [0.4, 0.5) is 0 Å². The lowest BCUT2D eigenvalue weighted by atomic mass is 9.91. The van der Waals surface area contributed by atoms with Crippen molar-refractivity contribution in [1.29, 1.82) is 0 Å². The van der Waals surface area contributed by atoms with Crippen molar-refractivity contribution in [2.45, 2.75) is 25.3 Å². The molecule has 38 heavy (non-hydrogen) atoms. The van der Waals surface area contributed by atoms with E-state index in [2.05, 4.69) is 4.90 Å². The van der Waals surface area contributed by atoms with E-state index in [1.54, 1.807) is 11.0 Å². The Labute approximate surface area is 229 Å². The molecule has 3 aromatic rings. The van der Waals surface area contributed by atoms with Crippen molar-refractivity contribution in [3.05, 3.63) is 64.8 Å². The van der Waals surface area contributed by atoms with Crippen LogP contribution < -0.4 is 0 Å². The number of carbonyl (C=O) groups excluding carboxylic acids is 2. The minimum Gasteiger partial charge on any atom is -0.336 e. The average Bonchev–Trinajstić information content (AvgIpc) is 3.26. The predicted octanol–water partition coefficient (Wildman–Crippen LogP) is 4.80. The van der Waals surface area contributed by atoms with Crippen LogP contribution in [-0.4, -0.2) is 97.0 Å². The molecule has 2 amide bonds. The van der Waals surface area contributed by atoms with Crippen molar-refractivity contribution in [3.8, 4) is 5.69 Å². The molecule has 3 aliphatic rings. The first-order valence-corrected chi connectivity index (χ1v) is 15.5. The number of nitrogens with zero attached hydrogens (tertiary/aromatic N) is 4. The summed E-state index contributed by atoms with van der Waals surface area (Å²) in [5, 5.41) is 1.36. The van der Waals surface area contributed by atoms with Gasteiger partial charge in [-0.15, -0.1) is 0 Å². The van der Waals surface area contributed by atoms with Crippen molar-refractivity contribution in [2.24, 2.45) is 0 Å². The number of halogens is 1. The predicted molar refractivity (Wildman–Crippen MR) is 152 cm³/mol. The zero-order chi connectivity index (χ0) is 26.4. The molecule has 2 aromatic carbocycles. The molecule has 202 valence electrons. The fourth-order valence-corrected chi connectivity index (χ4v) is 7.13. The summed E-state index contributed by atoms with van der Waals surface area (Å²) < 4.78 is 21.9. The van der Waals surface area contributed by atoms with Crippen LogP contribution in [-0.2, 0) is 0 Å². The fraction of sp³-hybridized carbons (Fsp3) is 0.429. The summed E-state index contributed by atoms with van der Waals surface area (Å²) in [5.41, 5.74) is 2.63. The highest BCUT2D eigenvalue weighted by Gasteiger charge is 2.31. The number of rotatable bonds is 4. The Hall–Kier alpha value is -2.56. The molecule has 1 saturated carbocycles. The van der Waals surface area contributed by atoms with E-state index in [-0.39, 0.29) is 36.4 Å². The van der Waals surface area contributed by atoms with E-state index in [4.69, 9.17) is 11.6 Å². The Morgan fingerprint density at radius 2 is 1.55 bits per heavy atom. The van der Waals surface area contributed by atoms with Crippen LogP contribution in [0.5, 0.6) is 0 Å². The second-order valence-corrected chi connectivity index (χ2v) is 13.4. The molecule has 10 heteroatoms. The van der Waals surface area contributed by atoms with E-state index in [1.807, 2.05) is 51.9 Å². The number of fused-ring (bicyclic) bond motifs is 1. The lowest BCUT2D eigenvalue weighted by molar-refractivity contribution is 0.0455. The summed E-state index contributed by atoms with van der Waals surface area (Å²) in [7, 11) is -2.62. The lowest BCUT2D eigenvalue weighted by Gasteiger charge is -2.42. The third-order valence-electron chi connectivity index (χ3n) is 8.19. The van der Waals surface area contributed by atoms with Crippen molar-refractivity contribution < 1.29 is 18.7 Å². The number of carbonyl (C=O) groups is 2. The Morgan fingerprint density at radius 3 is 2.21 bits per heavy atom. The van der Waals surface area contributed by atoms with Crippen molar-refractivity contribution in [3.63, 3.8) is 0 Å². The zero-order valence-electron chi connectivity index (χ0n) is 21.3. The van der Waals surface area contributed by atoms with Crippen LogP contribution in [0, 0.1) is 0 Å². The Bertz CT molecular complexity index is 1370. The van der Waals surface area contributed by atoms with Gasteiger partial charge in [0.15, 0.2) is 0 Å². The van der Waals surface area contributed by atoms with Crippen LogP contribution in [0.25, 0.3) is 16.6 Å². The highest BCUT2D eigenvalue weighted by molar-refractivity contribution is 8.24. The maximum absolute atomic E-state index is 13.7. The standard InChI is InChI=1S/C28H33ClN4O4S/c29-22-3-1-6-24(19-22)33-25-8-7-20(27(34)31-11-9-30(10-12-31)23-4-2-5-23)17-21(25)18-26(33)28(35)32-13-15-38(36,37)16-14-32/h1,3,6-8,17-19,23,36-37H,2,4-5,9-16H2. The maximum Gasteiger partial charge on any atom is 0.270 e. The van der Waals surface area contributed by atoms with Crippen LogP contribution in [0.15, 0.2) is 48.5 Å². The van der Waals surface area contributed by atoms with E-state index >= 15 is 0 Å². The normalized spacial score (nSPS) is 21.3. The van der Waals surface area contributed by atoms with Gasteiger partial charge in [-0.05, 0) is 55.3 Å². The minimum absolute atomic E-state index is 0.0183. The van der Waals surface area contributed by atoms with Crippen molar-refractivity contribution in [2.75, 3.05) is 50.8 Å². The summed E-state index contributed by atoms with van der Waals surface area (Å²) in [6, 6.07) is 15.5. The highest BCUT2D eigenvalue weighted by Crippen LogP contribution is 2.40. The minimum atomic E-state index is -2.62. The molecule has 0 unspecified atom stereocenters. The summed E-state index contributed by atoms with van der Waals surface area (Å²) in [6.45, 7) is 3.87. The number of aromatic nitrogens is 1. The smallest absolute Gasteiger partial charge is 0.270 e. The van der Waals surface area contributed by atoms with Gasteiger partial charge in [0.1, 0.15) is 5.69 Å². The first-order valence-electron chi connectivity index (χ1n) is 13.3. The monoisotopic (exact) mass is 556 g/mol. The van der Waals surface area contributed by atoms with Gasteiger partial charge in [0, 0.05) is 67.0 Å². The Morgan fingerprint density at radius 1 is 0.842 bits per heavy atom. The molecule has 1 aromatic heterocycles. The molecule has 0 bridgehead atoms. The quantitative estimate of drug-likeness (QED) is 0.482. The molecule has 3 fully saturated rings. The molecule has 3 heterocycles. The molecule has 0 radical (unpaired) electrons. The third kappa shape index (κ3) is 4.94. The van der Waals surface area contributed by atoms with Gasteiger partial charge < -0.3 is 14.4 Å². The third-order valence-corrected chi connectivity index (χ3v) is 10.1. The van der Waals surface area contributed by atoms with Gasteiger partial charge in [0.05, 0.1) is 17.0 Å². The summed E-state index contributed by atoms with van der Waals surface area (Å²) >= 11 is 6.31. The number of amides is 2. The van der Waals surface area contributed by atoms with Gasteiger partial charge >= 0.3 is 0 Å². The van der Waals surface area contributed by atoms with Gasteiger partial charge in [-0.1, -0.05) is 24.1 Å². The zero-order valence-corrected chi connectivity index (χ0v) is 22.8. The number of hydrogen-bond donors (Lipinski definition) is 2. The molecular weight excluding hydrogens is 524 g/mol. The van der Waals surface area contributed by atoms with E-state index in [0.29, 0.717) is 22.3 Å². The van der Waals surface area contributed by atoms with Crippen molar-refractivity contribution in [1.82, 2.24) is 19.3 Å². The molecule has 6 rings (SSSR count). The van der Waals surface area contributed by atoms with Gasteiger partial charge in [-0.25, -0.2) is 0 Å². The largest absolute Gasteiger partial charge is 0.336 e. The Kier molecular flexibility index (Phi) is 6.90. The highest BCUT2D eigenvalue weighted by atomic mass is 35.5. The molecule has 2 N–H and O–H groups in total. The Balaban J connectivity index is 1.31. The summed E-state index contributed by atoms with van der Waals surface area (Å²) in [6.07, 6.45) is 3.86. The van der Waals surface area contributed by atoms with Crippen LogP contribution >= 0.6 is 22.2 Å². The van der Waals surface area contributed by atoms with E-state index in [9.17, 15) is 18.7 Å². The molecule has 1 aliphatic carbocycles. The second kappa shape index (κ2) is 10.2. The lowest BCUT2D eigenvalue weighted by Crippen LogP contribution is -2.53. The molecule has 0 atom stereocenters. The van der Waals surface area contributed by atoms with Crippen LogP contribution in [0.1, 0.15) is 40.1 Å². The number of hydrogen-bond acceptors (Lipinski definition) is 5. The van der Waals surface area contributed by atoms with E-state index in [0.717, 1.165) is 42.8 Å². The fourth-order valence-electron chi connectivity index (χ4n) is 5.72. The SMILES string of the molecule is O=C(c1ccc2c(c1)cc(C(=O)N1CCS(O)(O)CC1)n2-c1cccc(Cl)c1)N1CCN(C2CCC2)CC1. The van der Waals surface area contributed by atoms with Gasteiger partial charge in [0.25, 0.3) is 11.8 Å². The molecule has 2 saturated heterocycles. The molecule has 8 nitrogen and oxygen atoms in total. The van der Waals surface area contributed by atoms with Gasteiger partial charge in [-0.2, -0.15) is 10.6 Å². The molecular formula is C28H33ClN4O4S. The first kappa shape index (κ1) is 25.7. The van der Waals surface area contributed by atoms with Gasteiger partial charge in [-0.3, -0.25) is 23.6 Å². The molecule has 0 spiro atoms. The average molecular weight is 557 g/mol. The van der Waals surface area contributed by atoms with E-state index < -0.39 is 10.6 Å². The van der Waals surface area contributed by atoms with Crippen molar-refractivity contribution >= 4 is 44.9 Å². The summed E-state index contributed by atoms with van der Waals surface area (Å²) in [5.74, 6) is 0.201. The van der Waals surface area contributed by atoms with Gasteiger partial charge in [0.2, 0.25) is 0 Å². The van der Waals surface area contributed by atoms with Crippen LogP contribution in [0.3, 0.4) is 0 Å². The van der Waals surface area contributed by atoms with Crippen LogP contribution in [0.2, 0.25) is 5.02 Å². The topological polar surface area (TPSA) is 89.2 Å². The number of benzene rings is 2. The number of piperazine rings is 1.